The van der Waals surface area contributed by atoms with Gasteiger partial charge in [0.15, 0.2) is 5.96 Å². The minimum absolute atomic E-state index is 0. The molecule has 168 valence electrons. The standard InChI is InChI=1S/C23H37N5O.HI/c1-3-24-23(26-13-12-25-22(29)21-8-9-21)27-16-19-10-14-28(15-11-19)17-20-6-4-18(2)5-7-20;/h4-7,19,21H,3,8-17H2,1-2H3,(H,25,29)(H2,24,26,27);1H. The number of hydrogen-bond acceptors (Lipinski definition) is 3. The molecule has 3 N–H and O–H groups in total. The van der Waals surface area contributed by atoms with E-state index in [4.69, 9.17) is 4.99 Å². The molecule has 1 aliphatic carbocycles. The molecule has 1 amide bonds. The Morgan fingerprint density at radius 3 is 2.33 bits per heavy atom. The maximum Gasteiger partial charge on any atom is 0.223 e. The van der Waals surface area contributed by atoms with Crippen LogP contribution in [0.4, 0.5) is 0 Å². The van der Waals surface area contributed by atoms with Gasteiger partial charge in [-0.15, -0.1) is 24.0 Å². The van der Waals surface area contributed by atoms with Crippen molar-refractivity contribution in [3.05, 3.63) is 35.4 Å². The van der Waals surface area contributed by atoms with Crippen molar-refractivity contribution in [3.8, 4) is 0 Å². The molecular formula is C23H38IN5O. The number of hydrogen-bond donors (Lipinski definition) is 3. The molecule has 7 heteroatoms. The largest absolute Gasteiger partial charge is 0.357 e. The first-order valence-corrected chi connectivity index (χ1v) is 11.2. The minimum Gasteiger partial charge on any atom is -0.357 e. The number of carbonyl (C=O) groups excluding carboxylic acids is 1. The van der Waals surface area contributed by atoms with Gasteiger partial charge in [0, 0.05) is 38.6 Å². The average molecular weight is 527 g/mol. The fourth-order valence-electron chi connectivity index (χ4n) is 3.70. The Kier molecular flexibility index (Phi) is 10.9. The van der Waals surface area contributed by atoms with Crippen molar-refractivity contribution in [2.24, 2.45) is 16.8 Å². The summed E-state index contributed by atoms with van der Waals surface area (Å²) in [6.45, 7) is 10.6. The van der Waals surface area contributed by atoms with E-state index in [0.717, 1.165) is 51.5 Å². The van der Waals surface area contributed by atoms with Gasteiger partial charge < -0.3 is 16.0 Å². The highest BCUT2D eigenvalue weighted by atomic mass is 127. The van der Waals surface area contributed by atoms with E-state index in [2.05, 4.69) is 59.0 Å². The number of guanidine groups is 1. The van der Waals surface area contributed by atoms with Gasteiger partial charge in [-0.25, -0.2) is 0 Å². The summed E-state index contributed by atoms with van der Waals surface area (Å²) in [6, 6.07) is 8.88. The Labute approximate surface area is 198 Å². The van der Waals surface area contributed by atoms with Gasteiger partial charge in [0.2, 0.25) is 5.91 Å². The molecular weight excluding hydrogens is 489 g/mol. The molecule has 6 nitrogen and oxygen atoms in total. The van der Waals surface area contributed by atoms with E-state index >= 15 is 0 Å². The van der Waals surface area contributed by atoms with E-state index < -0.39 is 0 Å². The lowest BCUT2D eigenvalue weighted by atomic mass is 9.96. The summed E-state index contributed by atoms with van der Waals surface area (Å²) in [5.41, 5.74) is 2.72. The maximum absolute atomic E-state index is 11.7. The minimum atomic E-state index is 0. The summed E-state index contributed by atoms with van der Waals surface area (Å²) in [5, 5.41) is 9.63. The summed E-state index contributed by atoms with van der Waals surface area (Å²) in [4.78, 5) is 19.0. The Morgan fingerprint density at radius 2 is 1.70 bits per heavy atom. The van der Waals surface area contributed by atoms with Crippen molar-refractivity contribution in [3.63, 3.8) is 0 Å². The molecule has 0 spiro atoms. The highest BCUT2D eigenvalue weighted by Crippen LogP contribution is 2.28. The lowest BCUT2D eigenvalue weighted by Crippen LogP contribution is -2.42. The normalized spacial score (nSPS) is 17.9. The van der Waals surface area contributed by atoms with E-state index in [1.165, 1.54) is 24.0 Å². The molecule has 1 saturated carbocycles. The molecule has 1 aliphatic heterocycles. The zero-order valence-electron chi connectivity index (χ0n) is 18.5. The Balaban J connectivity index is 0.00000320. The number of nitrogens with zero attached hydrogens (tertiary/aromatic N) is 2. The smallest absolute Gasteiger partial charge is 0.223 e. The van der Waals surface area contributed by atoms with Crippen molar-refractivity contribution in [1.29, 1.82) is 0 Å². The number of aryl methyl sites for hydroxylation is 1. The summed E-state index contributed by atoms with van der Waals surface area (Å²) in [7, 11) is 0. The van der Waals surface area contributed by atoms with Gasteiger partial charge in [-0.05, 0) is 64.1 Å². The lowest BCUT2D eigenvalue weighted by Gasteiger charge is -2.31. The summed E-state index contributed by atoms with van der Waals surface area (Å²) in [6.07, 6.45) is 4.50. The third-order valence-corrected chi connectivity index (χ3v) is 5.75. The van der Waals surface area contributed by atoms with Crippen LogP contribution in [0.15, 0.2) is 29.3 Å². The van der Waals surface area contributed by atoms with E-state index in [9.17, 15) is 4.79 Å². The Morgan fingerprint density at radius 1 is 1.03 bits per heavy atom. The monoisotopic (exact) mass is 527 g/mol. The molecule has 1 heterocycles. The van der Waals surface area contributed by atoms with Crippen LogP contribution < -0.4 is 16.0 Å². The van der Waals surface area contributed by atoms with Crippen molar-refractivity contribution in [1.82, 2.24) is 20.9 Å². The fourth-order valence-corrected chi connectivity index (χ4v) is 3.70. The maximum atomic E-state index is 11.7. The number of aliphatic imine (C=N–C) groups is 1. The first kappa shape index (κ1) is 24.9. The molecule has 2 aliphatic rings. The van der Waals surface area contributed by atoms with Crippen LogP contribution in [0.3, 0.4) is 0 Å². The zero-order chi connectivity index (χ0) is 20.5. The molecule has 1 saturated heterocycles. The van der Waals surface area contributed by atoms with Gasteiger partial charge in [-0.3, -0.25) is 14.7 Å². The number of halogens is 1. The van der Waals surface area contributed by atoms with Crippen molar-refractivity contribution < 1.29 is 4.79 Å². The number of likely N-dealkylation sites (tertiary alicyclic amines) is 1. The number of amides is 1. The van der Waals surface area contributed by atoms with Crippen LogP contribution in [0.25, 0.3) is 0 Å². The van der Waals surface area contributed by atoms with E-state index in [1.54, 1.807) is 0 Å². The first-order valence-electron chi connectivity index (χ1n) is 11.2. The second kappa shape index (κ2) is 13.1. The SMILES string of the molecule is CCNC(=NCC1CCN(Cc2ccc(C)cc2)CC1)NCCNC(=O)C1CC1.I. The van der Waals surface area contributed by atoms with Gasteiger partial charge >= 0.3 is 0 Å². The summed E-state index contributed by atoms with van der Waals surface area (Å²) < 4.78 is 0. The van der Waals surface area contributed by atoms with Crippen LogP contribution >= 0.6 is 24.0 Å². The van der Waals surface area contributed by atoms with Gasteiger partial charge in [-0.1, -0.05) is 29.8 Å². The topological polar surface area (TPSA) is 68.8 Å². The molecule has 0 radical (unpaired) electrons. The molecule has 0 atom stereocenters. The van der Waals surface area contributed by atoms with Crippen LogP contribution in [-0.2, 0) is 11.3 Å². The van der Waals surface area contributed by atoms with Crippen molar-refractivity contribution in [2.45, 2.75) is 46.1 Å². The van der Waals surface area contributed by atoms with Gasteiger partial charge in [0.25, 0.3) is 0 Å². The van der Waals surface area contributed by atoms with E-state index in [-0.39, 0.29) is 35.8 Å². The molecule has 1 aromatic rings. The molecule has 1 aromatic carbocycles. The van der Waals surface area contributed by atoms with Crippen LogP contribution in [0.2, 0.25) is 0 Å². The third kappa shape index (κ3) is 8.79. The Bertz CT molecular complexity index is 667. The summed E-state index contributed by atoms with van der Waals surface area (Å²) in [5.74, 6) is 1.98. The molecule has 0 bridgehead atoms. The second-order valence-electron chi connectivity index (χ2n) is 8.42. The van der Waals surface area contributed by atoms with Crippen LogP contribution in [0.1, 0.15) is 43.7 Å². The molecule has 0 unspecified atom stereocenters. The predicted octanol–water partition coefficient (Wildman–Crippen LogP) is 2.91. The van der Waals surface area contributed by atoms with Gasteiger partial charge in [-0.2, -0.15) is 0 Å². The number of carbonyl (C=O) groups is 1. The number of benzene rings is 1. The van der Waals surface area contributed by atoms with Gasteiger partial charge in [0.1, 0.15) is 0 Å². The number of nitrogens with one attached hydrogen (secondary N) is 3. The number of rotatable bonds is 9. The number of piperidine rings is 1. The molecule has 2 fully saturated rings. The van der Waals surface area contributed by atoms with Crippen molar-refractivity contribution >= 4 is 35.8 Å². The van der Waals surface area contributed by atoms with Gasteiger partial charge in [0.05, 0.1) is 0 Å². The quantitative estimate of drug-likeness (QED) is 0.200. The summed E-state index contributed by atoms with van der Waals surface area (Å²) >= 11 is 0. The molecule has 30 heavy (non-hydrogen) atoms. The fraction of sp³-hybridized carbons (Fsp3) is 0.652. The Hall–Kier alpha value is -1.35. The predicted molar refractivity (Wildman–Crippen MR) is 134 cm³/mol. The van der Waals surface area contributed by atoms with Crippen LogP contribution in [0, 0.1) is 18.8 Å². The van der Waals surface area contributed by atoms with E-state index in [1.807, 2.05) is 0 Å². The highest BCUT2D eigenvalue weighted by Gasteiger charge is 2.29. The molecule has 3 rings (SSSR count). The van der Waals surface area contributed by atoms with E-state index in [0.29, 0.717) is 19.0 Å². The highest BCUT2D eigenvalue weighted by molar-refractivity contribution is 14.0. The van der Waals surface area contributed by atoms with Crippen molar-refractivity contribution in [2.75, 3.05) is 39.3 Å². The zero-order valence-corrected chi connectivity index (χ0v) is 20.8. The molecule has 0 aromatic heterocycles. The second-order valence-corrected chi connectivity index (χ2v) is 8.42. The third-order valence-electron chi connectivity index (χ3n) is 5.75. The lowest BCUT2D eigenvalue weighted by molar-refractivity contribution is -0.122. The first-order chi connectivity index (χ1) is 14.1. The van der Waals surface area contributed by atoms with Crippen LogP contribution in [0.5, 0.6) is 0 Å². The van der Waals surface area contributed by atoms with Crippen LogP contribution in [-0.4, -0.2) is 56.0 Å². The average Bonchev–Trinajstić information content (AvgIpc) is 3.57.